The Kier molecular flexibility index (Phi) is 6.36. The number of anilines is 1. The lowest BCUT2D eigenvalue weighted by Crippen LogP contribution is -2.68. The Morgan fingerprint density at radius 1 is 1.35 bits per heavy atom. The van der Waals surface area contributed by atoms with Crippen LogP contribution in [0, 0.1) is 12.3 Å². The van der Waals surface area contributed by atoms with Crippen molar-refractivity contribution in [2.75, 3.05) is 37.8 Å². The van der Waals surface area contributed by atoms with E-state index in [-0.39, 0.29) is 19.0 Å². The molecule has 1 spiro atoms. The quantitative estimate of drug-likeness (QED) is 0.656. The third-order valence-electron chi connectivity index (χ3n) is 6.41. The lowest BCUT2D eigenvalue weighted by atomic mass is 9.90. The summed E-state index contributed by atoms with van der Waals surface area (Å²) >= 11 is 0. The van der Waals surface area contributed by atoms with Crippen molar-refractivity contribution in [1.82, 2.24) is 9.88 Å². The molecule has 10 heteroatoms. The summed E-state index contributed by atoms with van der Waals surface area (Å²) in [6.07, 6.45) is 6.02. The lowest BCUT2D eigenvalue weighted by molar-refractivity contribution is -0.228. The second-order valence-corrected chi connectivity index (χ2v) is 9.93. The number of amides is 1. The maximum absolute atomic E-state index is 12.6. The molecule has 1 aromatic rings. The highest BCUT2D eigenvalue weighted by Crippen LogP contribution is 2.39. The predicted molar refractivity (Wildman–Crippen MR) is 122 cm³/mol. The Bertz CT molecular complexity index is 995. The van der Waals surface area contributed by atoms with Gasteiger partial charge in [-0.2, -0.15) is 0 Å². The topological polar surface area (TPSA) is 111 Å². The zero-order valence-corrected chi connectivity index (χ0v) is 19.9. The number of carbonyl (C=O) groups excluding carboxylic acids is 1. The molecule has 3 fully saturated rings. The van der Waals surface area contributed by atoms with Crippen LogP contribution in [0.1, 0.15) is 39.7 Å². The van der Waals surface area contributed by atoms with E-state index in [1.165, 1.54) is 4.90 Å². The Balaban J connectivity index is 1.57. The van der Waals surface area contributed by atoms with Crippen molar-refractivity contribution in [1.29, 1.82) is 0 Å². The first kappa shape index (κ1) is 24.1. The van der Waals surface area contributed by atoms with Crippen LogP contribution >= 0.6 is 0 Å². The van der Waals surface area contributed by atoms with Gasteiger partial charge in [0, 0.05) is 24.7 Å². The first-order chi connectivity index (χ1) is 16.0. The summed E-state index contributed by atoms with van der Waals surface area (Å²) in [6.45, 7) is 9.49. The number of carboxylic acids is 1. The molecule has 1 amide bonds. The minimum absolute atomic E-state index is 0.0132. The number of terminal acetylenes is 1. The van der Waals surface area contributed by atoms with Gasteiger partial charge in [-0.1, -0.05) is 5.92 Å². The Labute approximate surface area is 199 Å². The van der Waals surface area contributed by atoms with Crippen LogP contribution in [-0.2, 0) is 19.0 Å². The minimum atomic E-state index is -1.11. The van der Waals surface area contributed by atoms with Crippen LogP contribution in [-0.4, -0.2) is 89.4 Å². The van der Waals surface area contributed by atoms with Crippen molar-refractivity contribution in [3.8, 4) is 18.2 Å². The fraction of sp³-hybridized carbons (Fsp3) is 0.625. The molecule has 3 atom stereocenters. The number of rotatable bonds is 4. The smallest absolute Gasteiger partial charge is 0.411 e. The second kappa shape index (κ2) is 8.96. The largest absolute Gasteiger partial charge is 0.480 e. The maximum atomic E-state index is 12.6. The summed E-state index contributed by atoms with van der Waals surface area (Å²) in [4.78, 5) is 32.3. The molecule has 184 valence electrons. The van der Waals surface area contributed by atoms with Crippen LogP contribution < -0.4 is 9.64 Å². The molecule has 0 aliphatic carbocycles. The molecule has 4 rings (SSSR count). The van der Waals surface area contributed by atoms with Crippen LogP contribution in [0.3, 0.4) is 0 Å². The van der Waals surface area contributed by atoms with Crippen molar-refractivity contribution >= 4 is 17.7 Å². The summed E-state index contributed by atoms with van der Waals surface area (Å²) < 4.78 is 23.1. The molecule has 4 heterocycles. The highest BCUT2D eigenvalue weighted by Gasteiger charge is 2.50. The Hall–Kier alpha value is -3.03. The molecule has 3 aliphatic heterocycles. The average molecular weight is 474 g/mol. The van der Waals surface area contributed by atoms with Gasteiger partial charge in [-0.25, -0.2) is 14.6 Å². The van der Waals surface area contributed by atoms with Crippen LogP contribution in [0.2, 0.25) is 0 Å². The summed E-state index contributed by atoms with van der Waals surface area (Å²) in [5.74, 6) is 1.84. The van der Waals surface area contributed by atoms with Gasteiger partial charge in [0.05, 0.1) is 32.4 Å². The standard InChI is InChI=1S/C24H31N3O7/c1-6-16-9-18(26-7-8-32-24(15(26)2)13-31-14-24)20(25-11-16)33-17-10-19(21(28)29)27(12-17)22(30)34-23(3,4)5/h1,9,11,15,17,19H,7-8,10,12-14H2,2-5H3,(H,28,29)/t15-,17-,19+/m1/s1. The number of carbonyl (C=O) groups is 2. The molecule has 0 radical (unpaired) electrons. The fourth-order valence-electron chi connectivity index (χ4n) is 4.52. The van der Waals surface area contributed by atoms with Gasteiger partial charge in [-0.05, 0) is 33.8 Å². The second-order valence-electron chi connectivity index (χ2n) is 9.93. The number of likely N-dealkylation sites (tertiary alicyclic amines) is 1. The Morgan fingerprint density at radius 2 is 2.09 bits per heavy atom. The van der Waals surface area contributed by atoms with Gasteiger partial charge in [-0.15, -0.1) is 6.42 Å². The zero-order chi connectivity index (χ0) is 24.7. The van der Waals surface area contributed by atoms with E-state index >= 15 is 0 Å². The van der Waals surface area contributed by atoms with Gasteiger partial charge in [0.25, 0.3) is 0 Å². The third-order valence-corrected chi connectivity index (χ3v) is 6.41. The van der Waals surface area contributed by atoms with Crippen molar-refractivity contribution in [3.05, 3.63) is 17.8 Å². The molecule has 0 unspecified atom stereocenters. The molecule has 34 heavy (non-hydrogen) atoms. The summed E-state index contributed by atoms with van der Waals surface area (Å²) in [5.41, 5.74) is 0.175. The van der Waals surface area contributed by atoms with Gasteiger partial charge in [-0.3, -0.25) is 4.90 Å². The first-order valence-corrected chi connectivity index (χ1v) is 11.4. The van der Waals surface area contributed by atoms with E-state index in [1.54, 1.807) is 27.0 Å². The average Bonchev–Trinajstić information content (AvgIpc) is 3.16. The van der Waals surface area contributed by atoms with Crippen molar-refractivity contribution in [2.45, 2.75) is 63.5 Å². The molecule has 10 nitrogen and oxygen atoms in total. The normalized spacial score (nSPS) is 26.0. The predicted octanol–water partition coefficient (Wildman–Crippen LogP) is 1.90. The SMILES string of the molecule is C#Cc1cnc(O[C@@H]2C[C@@H](C(=O)O)N(C(=O)OC(C)(C)C)C2)c(N2CCOC3(COC3)[C@H]2C)c1. The van der Waals surface area contributed by atoms with E-state index in [1.807, 2.05) is 6.07 Å². The molecule has 1 aromatic heterocycles. The molecule has 0 bridgehead atoms. The first-order valence-electron chi connectivity index (χ1n) is 11.4. The monoisotopic (exact) mass is 473 g/mol. The number of morpholine rings is 1. The molecular weight excluding hydrogens is 442 g/mol. The maximum Gasteiger partial charge on any atom is 0.411 e. The van der Waals surface area contributed by atoms with Crippen molar-refractivity contribution in [3.63, 3.8) is 0 Å². The number of nitrogens with zero attached hydrogens (tertiary/aromatic N) is 3. The number of pyridine rings is 1. The van der Waals surface area contributed by atoms with E-state index in [9.17, 15) is 14.7 Å². The number of aliphatic carboxylic acids is 1. The highest BCUT2D eigenvalue weighted by molar-refractivity contribution is 5.81. The Morgan fingerprint density at radius 3 is 2.68 bits per heavy atom. The van der Waals surface area contributed by atoms with Crippen LogP contribution in [0.25, 0.3) is 0 Å². The van der Waals surface area contributed by atoms with E-state index in [0.29, 0.717) is 43.5 Å². The van der Waals surface area contributed by atoms with Crippen molar-refractivity contribution < 1.29 is 33.6 Å². The van der Waals surface area contributed by atoms with Gasteiger partial charge in [0.2, 0.25) is 5.88 Å². The van der Waals surface area contributed by atoms with Gasteiger partial charge in [0.1, 0.15) is 29.0 Å². The highest BCUT2D eigenvalue weighted by atomic mass is 16.6. The van der Waals surface area contributed by atoms with Gasteiger partial charge < -0.3 is 29.0 Å². The summed E-state index contributed by atoms with van der Waals surface area (Å²) in [6, 6.07) is 0.777. The number of carboxylic acid groups (broad SMARTS) is 1. The molecule has 3 saturated heterocycles. The molecular formula is C24H31N3O7. The van der Waals surface area contributed by atoms with E-state index in [4.69, 9.17) is 25.4 Å². The summed E-state index contributed by atoms with van der Waals surface area (Å²) in [5, 5.41) is 9.69. The molecule has 0 saturated carbocycles. The van der Waals surface area contributed by atoms with Crippen LogP contribution in [0.4, 0.5) is 10.5 Å². The van der Waals surface area contributed by atoms with E-state index in [0.717, 1.165) is 0 Å². The number of hydrogen-bond acceptors (Lipinski definition) is 8. The lowest BCUT2D eigenvalue weighted by Gasteiger charge is -2.53. The van der Waals surface area contributed by atoms with E-state index in [2.05, 4.69) is 22.7 Å². The van der Waals surface area contributed by atoms with E-state index < -0.39 is 35.4 Å². The van der Waals surface area contributed by atoms with Crippen LogP contribution in [0.15, 0.2) is 12.3 Å². The molecule has 0 aromatic carbocycles. The fourth-order valence-corrected chi connectivity index (χ4v) is 4.52. The van der Waals surface area contributed by atoms with Gasteiger partial charge in [0.15, 0.2) is 0 Å². The number of aromatic nitrogens is 1. The minimum Gasteiger partial charge on any atom is -0.480 e. The van der Waals surface area contributed by atoms with Crippen LogP contribution in [0.5, 0.6) is 5.88 Å². The summed E-state index contributed by atoms with van der Waals surface area (Å²) in [7, 11) is 0. The van der Waals surface area contributed by atoms with Crippen molar-refractivity contribution in [2.24, 2.45) is 0 Å². The number of hydrogen-bond donors (Lipinski definition) is 1. The molecule has 1 N–H and O–H groups in total. The van der Waals surface area contributed by atoms with Gasteiger partial charge >= 0.3 is 12.1 Å². The molecule has 3 aliphatic rings. The zero-order valence-electron chi connectivity index (χ0n) is 19.9. The number of ether oxygens (including phenoxy) is 4. The third kappa shape index (κ3) is 4.63.